The molecule has 0 unspecified atom stereocenters. The molecule has 0 bridgehead atoms. The number of rotatable bonds is 6. The van der Waals surface area contributed by atoms with E-state index in [1.165, 1.54) is 6.07 Å². The summed E-state index contributed by atoms with van der Waals surface area (Å²) in [6.45, 7) is 1.91. The molecule has 41 heavy (non-hydrogen) atoms. The van der Waals surface area contributed by atoms with Gasteiger partial charge in [-0.25, -0.2) is 19.3 Å². The number of pyridine rings is 3. The van der Waals surface area contributed by atoms with E-state index < -0.39 is 0 Å². The number of nitrogens with zero attached hydrogens (tertiary/aromatic N) is 5. The van der Waals surface area contributed by atoms with Gasteiger partial charge >= 0.3 is 0 Å². The number of hydrogen-bond donors (Lipinski definition) is 4. The van der Waals surface area contributed by atoms with Gasteiger partial charge in [0.25, 0.3) is 0 Å². The Labute approximate surface area is 233 Å². The van der Waals surface area contributed by atoms with Crippen molar-refractivity contribution in [1.82, 2.24) is 40.4 Å². The van der Waals surface area contributed by atoms with Gasteiger partial charge in [-0.3, -0.25) is 14.9 Å². The van der Waals surface area contributed by atoms with Crippen LogP contribution in [0.5, 0.6) is 0 Å². The number of aromatic nitrogens is 7. The first-order valence-corrected chi connectivity index (χ1v) is 13.5. The summed E-state index contributed by atoms with van der Waals surface area (Å²) in [4.78, 5) is 34.0. The minimum absolute atomic E-state index is 0.00482. The Morgan fingerprint density at radius 3 is 2.71 bits per heavy atom. The molecule has 0 saturated carbocycles. The van der Waals surface area contributed by atoms with Gasteiger partial charge in [0.15, 0.2) is 17.1 Å². The molecule has 11 heteroatoms. The number of H-pyrrole nitrogens is 2. The highest BCUT2D eigenvalue weighted by molar-refractivity contribution is 5.96. The van der Waals surface area contributed by atoms with E-state index in [2.05, 4.69) is 40.8 Å². The second-order valence-corrected chi connectivity index (χ2v) is 10.2. The number of anilines is 1. The van der Waals surface area contributed by atoms with E-state index in [4.69, 9.17) is 4.98 Å². The van der Waals surface area contributed by atoms with E-state index in [1.807, 2.05) is 12.1 Å². The molecule has 0 aliphatic carbocycles. The molecule has 0 atom stereocenters. The smallest absolute Gasteiger partial charge is 0.224 e. The van der Waals surface area contributed by atoms with Crippen LogP contribution < -0.4 is 10.6 Å². The lowest BCUT2D eigenvalue weighted by Crippen LogP contribution is -2.30. The Hall–Kier alpha value is -5.03. The molecular weight excluding hydrogens is 521 g/mol. The summed E-state index contributed by atoms with van der Waals surface area (Å²) in [7, 11) is 0. The molecule has 1 amide bonds. The van der Waals surface area contributed by atoms with Crippen molar-refractivity contribution in [2.24, 2.45) is 5.92 Å². The van der Waals surface area contributed by atoms with Crippen LogP contribution in [0.25, 0.3) is 56.0 Å². The number of hydrogen-bond acceptors (Lipinski definition) is 7. The van der Waals surface area contributed by atoms with E-state index in [-0.39, 0.29) is 11.7 Å². The number of piperidine rings is 1. The first kappa shape index (κ1) is 25.0. The summed E-state index contributed by atoms with van der Waals surface area (Å²) < 4.78 is 14.6. The molecule has 1 aliphatic rings. The normalized spacial score (nSPS) is 14.1. The molecule has 4 N–H and O–H groups in total. The number of aromatic amines is 2. The molecule has 1 fully saturated rings. The van der Waals surface area contributed by atoms with Crippen LogP contribution in [0.2, 0.25) is 0 Å². The van der Waals surface area contributed by atoms with Gasteiger partial charge in [-0.2, -0.15) is 5.10 Å². The van der Waals surface area contributed by atoms with Crippen LogP contribution in [0.1, 0.15) is 19.3 Å². The van der Waals surface area contributed by atoms with Crippen molar-refractivity contribution in [3.8, 4) is 33.8 Å². The molecule has 1 aromatic carbocycles. The first-order valence-electron chi connectivity index (χ1n) is 13.5. The molecule has 7 rings (SSSR count). The van der Waals surface area contributed by atoms with E-state index >= 15 is 0 Å². The molecule has 1 aliphatic heterocycles. The fourth-order valence-corrected chi connectivity index (χ4v) is 5.39. The number of amides is 1. The zero-order valence-electron chi connectivity index (χ0n) is 22.0. The number of carbonyl (C=O) groups is 1. The van der Waals surface area contributed by atoms with Crippen molar-refractivity contribution < 1.29 is 9.18 Å². The largest absolute Gasteiger partial charge is 0.325 e. The quantitative estimate of drug-likeness (QED) is 0.228. The molecule has 6 heterocycles. The fourth-order valence-electron chi connectivity index (χ4n) is 5.39. The van der Waals surface area contributed by atoms with Gasteiger partial charge in [0.05, 0.1) is 17.3 Å². The van der Waals surface area contributed by atoms with Crippen LogP contribution in [-0.2, 0) is 4.79 Å². The Morgan fingerprint density at radius 1 is 0.976 bits per heavy atom. The van der Waals surface area contributed by atoms with Crippen molar-refractivity contribution in [2.45, 2.75) is 19.3 Å². The summed E-state index contributed by atoms with van der Waals surface area (Å²) in [5, 5.41) is 14.5. The predicted molar refractivity (Wildman–Crippen MR) is 154 cm³/mol. The highest BCUT2D eigenvalue weighted by Gasteiger charge is 2.19. The molecule has 204 valence electrons. The standard InChI is InChI=1S/C30H26FN9O/c31-24-4-2-1-3-21(24)22-7-10-34-29-26(22)37-30(38-29)27-23-13-19(15-35-28(23)40-39-27)18-12-20(16-33-14-18)36-25(41)11-17-5-8-32-9-6-17/h1-4,7,10,12-17,32H,5-6,8-9,11H2,(H,36,41)(H,34,37,38)(H,35,39,40). The predicted octanol–water partition coefficient (Wildman–Crippen LogP) is 5.09. The Morgan fingerprint density at radius 2 is 1.83 bits per heavy atom. The molecule has 10 nitrogen and oxygen atoms in total. The van der Waals surface area contributed by atoms with Gasteiger partial charge in [0.1, 0.15) is 17.0 Å². The third-order valence-electron chi connectivity index (χ3n) is 7.48. The van der Waals surface area contributed by atoms with Gasteiger partial charge in [0.2, 0.25) is 5.91 Å². The average Bonchev–Trinajstić information content (AvgIpc) is 3.62. The van der Waals surface area contributed by atoms with E-state index in [1.54, 1.807) is 49.1 Å². The molecule has 0 radical (unpaired) electrons. The molecule has 1 saturated heterocycles. The van der Waals surface area contributed by atoms with Crippen LogP contribution in [0.3, 0.4) is 0 Å². The Bertz CT molecular complexity index is 1890. The summed E-state index contributed by atoms with van der Waals surface area (Å²) in [5.41, 5.74) is 5.56. The van der Waals surface area contributed by atoms with Gasteiger partial charge in [-0.1, -0.05) is 18.2 Å². The maximum atomic E-state index is 14.6. The van der Waals surface area contributed by atoms with Crippen LogP contribution >= 0.6 is 0 Å². The SMILES string of the molecule is O=C(CC1CCNCC1)Nc1cncc(-c2cnc3[nH]nc(-c4nc5c(-c6ccccc6F)ccnc5[nH]4)c3c2)c1. The second-order valence-electron chi connectivity index (χ2n) is 10.2. The first-order chi connectivity index (χ1) is 20.1. The van der Waals surface area contributed by atoms with Crippen molar-refractivity contribution in [1.29, 1.82) is 0 Å². The molecule has 5 aromatic heterocycles. The molecular formula is C30H26FN9O. The fraction of sp³-hybridized carbons (Fsp3) is 0.200. The third-order valence-corrected chi connectivity index (χ3v) is 7.48. The lowest BCUT2D eigenvalue weighted by Gasteiger charge is -2.21. The Kier molecular flexibility index (Phi) is 6.40. The Balaban J connectivity index is 1.20. The van der Waals surface area contributed by atoms with Gasteiger partial charge < -0.3 is 15.6 Å². The van der Waals surface area contributed by atoms with E-state index in [0.717, 1.165) is 42.4 Å². The van der Waals surface area contributed by atoms with Crippen molar-refractivity contribution in [2.75, 3.05) is 18.4 Å². The second kappa shape index (κ2) is 10.5. The van der Waals surface area contributed by atoms with Crippen LogP contribution in [-0.4, -0.2) is 54.1 Å². The number of nitrogens with one attached hydrogen (secondary N) is 4. The maximum absolute atomic E-state index is 14.6. The van der Waals surface area contributed by atoms with Crippen LogP contribution in [0, 0.1) is 11.7 Å². The number of benzene rings is 1. The molecule has 0 spiro atoms. The minimum atomic E-state index is -0.332. The lowest BCUT2D eigenvalue weighted by molar-refractivity contribution is -0.117. The van der Waals surface area contributed by atoms with E-state index in [0.29, 0.717) is 57.5 Å². The highest BCUT2D eigenvalue weighted by Crippen LogP contribution is 2.33. The van der Waals surface area contributed by atoms with Crippen LogP contribution in [0.4, 0.5) is 10.1 Å². The van der Waals surface area contributed by atoms with Gasteiger partial charge in [0, 0.05) is 47.3 Å². The third kappa shape index (κ3) is 4.91. The monoisotopic (exact) mass is 547 g/mol. The topological polar surface area (TPSA) is 137 Å². The van der Waals surface area contributed by atoms with Crippen molar-refractivity contribution >= 4 is 33.8 Å². The van der Waals surface area contributed by atoms with Crippen LogP contribution in [0.15, 0.2) is 67.3 Å². The van der Waals surface area contributed by atoms with Gasteiger partial charge in [-0.15, -0.1) is 0 Å². The number of carbonyl (C=O) groups excluding carboxylic acids is 1. The summed E-state index contributed by atoms with van der Waals surface area (Å²) in [5.74, 6) is 0.546. The number of fused-ring (bicyclic) bond motifs is 2. The molecule has 6 aromatic rings. The minimum Gasteiger partial charge on any atom is -0.325 e. The van der Waals surface area contributed by atoms with Crippen molar-refractivity contribution in [3.63, 3.8) is 0 Å². The van der Waals surface area contributed by atoms with Gasteiger partial charge in [-0.05, 0) is 56.1 Å². The number of imidazole rings is 1. The lowest BCUT2D eigenvalue weighted by atomic mass is 9.94. The summed E-state index contributed by atoms with van der Waals surface area (Å²) in [6, 6.07) is 12.2. The average molecular weight is 548 g/mol. The highest BCUT2D eigenvalue weighted by atomic mass is 19.1. The van der Waals surface area contributed by atoms with Crippen molar-refractivity contribution in [3.05, 3.63) is 73.1 Å². The summed E-state index contributed by atoms with van der Waals surface area (Å²) in [6.07, 6.45) is 9.26. The van der Waals surface area contributed by atoms with E-state index in [9.17, 15) is 9.18 Å². The maximum Gasteiger partial charge on any atom is 0.224 e. The number of halogens is 1. The summed E-state index contributed by atoms with van der Waals surface area (Å²) >= 11 is 0. The zero-order chi connectivity index (χ0) is 27.8. The zero-order valence-corrected chi connectivity index (χ0v) is 22.0.